The summed E-state index contributed by atoms with van der Waals surface area (Å²) in [4.78, 5) is 23.7. The summed E-state index contributed by atoms with van der Waals surface area (Å²) in [5.41, 5.74) is 2.90. The number of amides is 2. The molecule has 1 fully saturated rings. The molecule has 0 radical (unpaired) electrons. The topological polar surface area (TPSA) is 58.2 Å². The predicted octanol–water partition coefficient (Wildman–Crippen LogP) is 2.94. The lowest BCUT2D eigenvalue weighted by atomic mass is 10.0. The van der Waals surface area contributed by atoms with E-state index in [9.17, 15) is 9.59 Å². The quantitative estimate of drug-likeness (QED) is 0.875. The van der Waals surface area contributed by atoms with Gasteiger partial charge in [-0.1, -0.05) is 31.0 Å². The van der Waals surface area contributed by atoms with E-state index in [4.69, 9.17) is 0 Å². The normalized spacial score (nSPS) is 15.0. The average molecular weight is 288 g/mol. The molecule has 114 valence electrons. The molecule has 0 atom stereocenters. The first-order valence-electron chi connectivity index (χ1n) is 7.69. The van der Waals surface area contributed by atoms with Crippen LogP contribution in [0.2, 0.25) is 0 Å². The molecule has 21 heavy (non-hydrogen) atoms. The fraction of sp³-hybridized carbons (Fsp3) is 0.529. The van der Waals surface area contributed by atoms with Crippen molar-refractivity contribution in [1.82, 2.24) is 5.32 Å². The molecule has 0 bridgehead atoms. The summed E-state index contributed by atoms with van der Waals surface area (Å²) in [7, 11) is 0. The smallest absolute Gasteiger partial charge is 0.243 e. The lowest BCUT2D eigenvalue weighted by molar-refractivity contribution is -0.124. The van der Waals surface area contributed by atoms with E-state index in [1.165, 1.54) is 12.8 Å². The number of hydrogen-bond acceptors (Lipinski definition) is 2. The highest BCUT2D eigenvalue weighted by Crippen LogP contribution is 2.27. The fourth-order valence-corrected chi connectivity index (χ4v) is 2.92. The third kappa shape index (κ3) is 4.59. The Bertz CT molecular complexity index is 499. The number of carbonyl (C=O) groups is 2. The van der Waals surface area contributed by atoms with Crippen molar-refractivity contribution in [3.05, 3.63) is 29.3 Å². The summed E-state index contributed by atoms with van der Waals surface area (Å²) in [6, 6.07) is 5.88. The number of aryl methyl sites for hydroxylation is 2. The van der Waals surface area contributed by atoms with Gasteiger partial charge in [-0.05, 0) is 43.7 Å². The van der Waals surface area contributed by atoms with Crippen LogP contribution in [0.15, 0.2) is 18.2 Å². The van der Waals surface area contributed by atoms with Crippen LogP contribution in [0.25, 0.3) is 0 Å². The van der Waals surface area contributed by atoms with Gasteiger partial charge in [0.05, 0.1) is 6.54 Å². The van der Waals surface area contributed by atoms with E-state index in [1.54, 1.807) is 0 Å². The maximum Gasteiger partial charge on any atom is 0.243 e. The molecule has 0 aromatic heterocycles. The Morgan fingerprint density at radius 1 is 1.10 bits per heavy atom. The molecule has 2 amide bonds. The molecule has 0 spiro atoms. The number of anilines is 1. The van der Waals surface area contributed by atoms with E-state index in [-0.39, 0.29) is 18.4 Å². The molecule has 0 aliphatic heterocycles. The Morgan fingerprint density at radius 3 is 2.33 bits per heavy atom. The van der Waals surface area contributed by atoms with Crippen LogP contribution in [0.3, 0.4) is 0 Å². The van der Waals surface area contributed by atoms with Gasteiger partial charge in [0.2, 0.25) is 11.8 Å². The molecule has 1 aliphatic carbocycles. The van der Waals surface area contributed by atoms with Gasteiger partial charge in [-0.15, -0.1) is 0 Å². The van der Waals surface area contributed by atoms with Gasteiger partial charge in [-0.2, -0.15) is 0 Å². The number of carbonyl (C=O) groups excluding carboxylic acids is 2. The maximum atomic E-state index is 11.9. The van der Waals surface area contributed by atoms with Crippen molar-refractivity contribution in [3.8, 4) is 0 Å². The summed E-state index contributed by atoms with van der Waals surface area (Å²) < 4.78 is 0. The van der Waals surface area contributed by atoms with Crippen molar-refractivity contribution in [2.75, 3.05) is 11.9 Å². The molecule has 0 saturated heterocycles. The zero-order chi connectivity index (χ0) is 15.2. The van der Waals surface area contributed by atoms with Crippen LogP contribution in [0.4, 0.5) is 5.69 Å². The van der Waals surface area contributed by atoms with Crippen molar-refractivity contribution >= 4 is 17.5 Å². The van der Waals surface area contributed by atoms with Gasteiger partial charge in [-0.3, -0.25) is 9.59 Å². The molecule has 1 saturated carbocycles. The fourth-order valence-electron chi connectivity index (χ4n) is 2.92. The Kier molecular flexibility index (Phi) is 5.37. The van der Waals surface area contributed by atoms with Crippen molar-refractivity contribution in [2.24, 2.45) is 5.92 Å². The summed E-state index contributed by atoms with van der Waals surface area (Å²) in [5.74, 6) is 0.317. The Morgan fingerprint density at radius 2 is 1.71 bits per heavy atom. The van der Waals surface area contributed by atoms with Gasteiger partial charge in [0.1, 0.15) is 0 Å². The maximum absolute atomic E-state index is 11.9. The van der Waals surface area contributed by atoms with Crippen LogP contribution in [-0.2, 0) is 9.59 Å². The van der Waals surface area contributed by atoms with Crippen LogP contribution in [-0.4, -0.2) is 18.4 Å². The minimum atomic E-state index is -0.174. The molecule has 1 aromatic carbocycles. The van der Waals surface area contributed by atoms with Gasteiger partial charge in [0.15, 0.2) is 0 Å². The molecule has 2 N–H and O–H groups in total. The summed E-state index contributed by atoms with van der Waals surface area (Å²) in [6.07, 6.45) is 5.29. The van der Waals surface area contributed by atoms with Gasteiger partial charge in [-0.25, -0.2) is 0 Å². The standard InChI is InChI=1S/C17H24N2O2/c1-12-6-5-7-13(2)17(12)19-16(21)11-18-15(20)10-14-8-3-4-9-14/h5-7,14H,3-4,8-11H2,1-2H3,(H,18,20)(H,19,21). The highest BCUT2D eigenvalue weighted by Gasteiger charge is 2.18. The number of hydrogen-bond donors (Lipinski definition) is 2. The van der Waals surface area contributed by atoms with Crippen molar-refractivity contribution in [3.63, 3.8) is 0 Å². The van der Waals surface area contributed by atoms with Crippen LogP contribution < -0.4 is 10.6 Å². The summed E-state index contributed by atoms with van der Waals surface area (Å²) in [5, 5.41) is 5.59. The zero-order valence-electron chi connectivity index (χ0n) is 12.9. The highest BCUT2D eigenvalue weighted by atomic mass is 16.2. The van der Waals surface area contributed by atoms with E-state index in [0.29, 0.717) is 12.3 Å². The molecule has 1 aromatic rings. The molecule has 0 unspecified atom stereocenters. The second-order valence-corrected chi connectivity index (χ2v) is 5.95. The Labute approximate surface area is 126 Å². The third-order valence-electron chi connectivity index (χ3n) is 4.14. The minimum absolute atomic E-state index is 0.0152. The lowest BCUT2D eigenvalue weighted by Crippen LogP contribution is -2.33. The van der Waals surface area contributed by atoms with Crippen LogP contribution in [0, 0.1) is 19.8 Å². The average Bonchev–Trinajstić information content (AvgIpc) is 2.94. The largest absolute Gasteiger partial charge is 0.347 e. The van der Waals surface area contributed by atoms with E-state index >= 15 is 0 Å². The first-order valence-corrected chi connectivity index (χ1v) is 7.69. The molecule has 4 nitrogen and oxygen atoms in total. The number of para-hydroxylation sites is 1. The van der Waals surface area contributed by atoms with Crippen molar-refractivity contribution in [2.45, 2.75) is 46.0 Å². The van der Waals surface area contributed by atoms with Crippen LogP contribution in [0.1, 0.15) is 43.2 Å². The zero-order valence-corrected chi connectivity index (χ0v) is 12.9. The first kappa shape index (κ1) is 15.5. The highest BCUT2D eigenvalue weighted by molar-refractivity contribution is 5.95. The molecule has 4 heteroatoms. The monoisotopic (exact) mass is 288 g/mol. The number of benzene rings is 1. The van der Waals surface area contributed by atoms with E-state index in [1.807, 2.05) is 32.0 Å². The van der Waals surface area contributed by atoms with E-state index < -0.39 is 0 Å². The van der Waals surface area contributed by atoms with Gasteiger partial charge in [0.25, 0.3) is 0 Å². The first-order chi connectivity index (χ1) is 10.1. The van der Waals surface area contributed by atoms with Crippen molar-refractivity contribution < 1.29 is 9.59 Å². The van der Waals surface area contributed by atoms with Crippen molar-refractivity contribution in [1.29, 1.82) is 0 Å². The molecular formula is C17H24N2O2. The second kappa shape index (κ2) is 7.25. The van der Waals surface area contributed by atoms with E-state index in [2.05, 4.69) is 10.6 Å². The summed E-state index contributed by atoms with van der Waals surface area (Å²) in [6.45, 7) is 3.96. The third-order valence-corrected chi connectivity index (χ3v) is 4.14. The molecule has 2 rings (SSSR count). The summed E-state index contributed by atoms with van der Waals surface area (Å²) >= 11 is 0. The van der Waals surface area contributed by atoms with Gasteiger partial charge in [0, 0.05) is 12.1 Å². The van der Waals surface area contributed by atoms with E-state index in [0.717, 1.165) is 29.7 Å². The number of nitrogens with one attached hydrogen (secondary N) is 2. The predicted molar refractivity (Wildman–Crippen MR) is 84.1 cm³/mol. The van der Waals surface area contributed by atoms with Crippen LogP contribution >= 0.6 is 0 Å². The second-order valence-electron chi connectivity index (χ2n) is 5.95. The lowest BCUT2D eigenvalue weighted by Gasteiger charge is -2.12. The van der Waals surface area contributed by atoms with Crippen LogP contribution in [0.5, 0.6) is 0 Å². The molecule has 0 heterocycles. The minimum Gasteiger partial charge on any atom is -0.347 e. The van der Waals surface area contributed by atoms with Gasteiger partial charge >= 0.3 is 0 Å². The Balaban J connectivity index is 1.78. The Hall–Kier alpha value is -1.84. The number of rotatable bonds is 5. The molecular weight excluding hydrogens is 264 g/mol. The SMILES string of the molecule is Cc1cccc(C)c1NC(=O)CNC(=O)CC1CCCC1. The van der Waals surface area contributed by atoms with Gasteiger partial charge < -0.3 is 10.6 Å². The molecule has 1 aliphatic rings.